The Labute approximate surface area is 148 Å². The van der Waals surface area contributed by atoms with Gasteiger partial charge in [0, 0.05) is 32.3 Å². The lowest BCUT2D eigenvalue weighted by molar-refractivity contribution is 0.0953. The molecule has 10 heteroatoms. The fourth-order valence-corrected chi connectivity index (χ4v) is 2.59. The third kappa shape index (κ3) is 7.16. The van der Waals surface area contributed by atoms with Crippen molar-refractivity contribution < 1.29 is 27.4 Å². The highest BCUT2D eigenvalue weighted by atomic mass is 32.2. The van der Waals surface area contributed by atoms with E-state index in [1.165, 1.54) is 26.4 Å². The molecule has 9 nitrogen and oxygen atoms in total. The van der Waals surface area contributed by atoms with Crippen molar-refractivity contribution in [3.63, 3.8) is 0 Å². The summed E-state index contributed by atoms with van der Waals surface area (Å²) in [5.74, 6) is 0.0938. The Kier molecular flexibility index (Phi) is 8.46. The molecular weight excluding hydrogens is 350 g/mol. The van der Waals surface area contributed by atoms with E-state index in [1.54, 1.807) is 7.11 Å². The summed E-state index contributed by atoms with van der Waals surface area (Å²) in [7, 11) is 0.860. The van der Waals surface area contributed by atoms with Crippen molar-refractivity contribution in [2.75, 3.05) is 58.5 Å². The van der Waals surface area contributed by atoms with Gasteiger partial charge in [0.1, 0.15) is 0 Å². The molecule has 25 heavy (non-hydrogen) atoms. The molecule has 142 valence electrons. The summed E-state index contributed by atoms with van der Waals surface area (Å²) >= 11 is 0. The molecule has 1 aromatic carbocycles. The molecule has 0 fully saturated rings. The largest absolute Gasteiger partial charge is 0.493 e. The first kappa shape index (κ1) is 21.0. The van der Waals surface area contributed by atoms with Gasteiger partial charge in [0.2, 0.25) is 10.0 Å². The van der Waals surface area contributed by atoms with Crippen molar-refractivity contribution >= 4 is 21.6 Å². The van der Waals surface area contributed by atoms with Crippen LogP contribution in [0.5, 0.6) is 11.5 Å². The molecule has 1 amide bonds. The van der Waals surface area contributed by atoms with Gasteiger partial charge in [-0.3, -0.25) is 9.52 Å². The van der Waals surface area contributed by atoms with Crippen LogP contribution in [0, 0.1) is 0 Å². The third-order valence-corrected chi connectivity index (χ3v) is 3.70. The number of sulfonamides is 1. The highest BCUT2D eigenvalue weighted by molar-refractivity contribution is 7.92. The molecule has 0 unspecified atom stereocenters. The van der Waals surface area contributed by atoms with Crippen LogP contribution in [0.4, 0.5) is 5.69 Å². The summed E-state index contributed by atoms with van der Waals surface area (Å²) in [5.41, 5.74) is 0.383. The Morgan fingerprint density at radius 2 is 1.80 bits per heavy atom. The van der Waals surface area contributed by atoms with Gasteiger partial charge >= 0.3 is 0 Å². The molecule has 0 aromatic heterocycles. The van der Waals surface area contributed by atoms with Gasteiger partial charge in [0.25, 0.3) is 5.91 Å². The van der Waals surface area contributed by atoms with Crippen LogP contribution < -0.4 is 24.8 Å². The Hall–Kier alpha value is -2.04. The minimum absolute atomic E-state index is 0.132. The molecule has 0 bridgehead atoms. The molecule has 0 saturated heterocycles. The van der Waals surface area contributed by atoms with Crippen molar-refractivity contribution in [1.29, 1.82) is 0 Å². The predicted octanol–water partition coefficient (Wildman–Crippen LogP) is 0.0411. The first-order valence-corrected chi connectivity index (χ1v) is 9.43. The van der Waals surface area contributed by atoms with Gasteiger partial charge < -0.3 is 24.8 Å². The average molecular weight is 375 g/mol. The number of amides is 1. The number of hydrogen-bond donors (Lipinski definition) is 3. The molecule has 0 saturated carbocycles. The van der Waals surface area contributed by atoms with E-state index in [0.717, 1.165) is 6.26 Å². The molecule has 0 atom stereocenters. The van der Waals surface area contributed by atoms with Crippen molar-refractivity contribution in [1.82, 2.24) is 10.6 Å². The second kappa shape index (κ2) is 10.1. The average Bonchev–Trinajstić information content (AvgIpc) is 2.55. The van der Waals surface area contributed by atoms with Crippen LogP contribution in [-0.4, -0.2) is 68.2 Å². The van der Waals surface area contributed by atoms with Crippen molar-refractivity contribution in [3.05, 3.63) is 17.7 Å². The summed E-state index contributed by atoms with van der Waals surface area (Å²) in [6.45, 7) is 2.26. The molecule has 0 heterocycles. The van der Waals surface area contributed by atoms with Crippen LogP contribution >= 0.6 is 0 Å². The highest BCUT2D eigenvalue weighted by Crippen LogP contribution is 2.37. The second-order valence-corrected chi connectivity index (χ2v) is 6.88. The van der Waals surface area contributed by atoms with E-state index in [0.29, 0.717) is 26.2 Å². The molecule has 0 aliphatic carbocycles. The summed E-state index contributed by atoms with van der Waals surface area (Å²) < 4.78 is 40.6. The van der Waals surface area contributed by atoms with Gasteiger partial charge in [-0.1, -0.05) is 0 Å². The quantitative estimate of drug-likeness (QED) is 0.468. The first-order chi connectivity index (χ1) is 11.8. The number of rotatable bonds is 11. The first-order valence-electron chi connectivity index (χ1n) is 7.54. The summed E-state index contributed by atoms with van der Waals surface area (Å²) in [4.78, 5) is 12.3. The number of hydrogen-bond acceptors (Lipinski definition) is 7. The van der Waals surface area contributed by atoms with Gasteiger partial charge in [-0.25, -0.2) is 8.42 Å². The number of carbonyl (C=O) groups excluding carboxylic acids is 1. The van der Waals surface area contributed by atoms with E-state index in [4.69, 9.17) is 14.2 Å². The SMILES string of the molecule is COCCNCCNC(=O)c1cc(NS(C)(=O)=O)c(OC)c(OC)c1. The lowest BCUT2D eigenvalue weighted by Gasteiger charge is -2.15. The number of anilines is 1. The van der Waals surface area contributed by atoms with Gasteiger partial charge in [-0.15, -0.1) is 0 Å². The zero-order valence-electron chi connectivity index (χ0n) is 14.8. The number of carbonyl (C=O) groups is 1. The molecular formula is C15H25N3O6S. The molecule has 0 spiro atoms. The summed E-state index contributed by atoms with van der Waals surface area (Å²) in [6.07, 6.45) is 1.01. The molecule has 1 aromatic rings. The summed E-state index contributed by atoms with van der Waals surface area (Å²) in [5, 5.41) is 5.84. The lowest BCUT2D eigenvalue weighted by Crippen LogP contribution is -2.33. The Balaban J connectivity index is 2.88. The van der Waals surface area contributed by atoms with Gasteiger partial charge in [0.05, 0.1) is 32.8 Å². The zero-order valence-corrected chi connectivity index (χ0v) is 15.7. The minimum Gasteiger partial charge on any atom is -0.493 e. The van der Waals surface area contributed by atoms with Gasteiger partial charge in [-0.05, 0) is 12.1 Å². The minimum atomic E-state index is -3.55. The van der Waals surface area contributed by atoms with Gasteiger partial charge in [-0.2, -0.15) is 0 Å². The van der Waals surface area contributed by atoms with Crippen LogP contribution in [0.3, 0.4) is 0 Å². The van der Waals surface area contributed by atoms with Crippen LogP contribution in [0.15, 0.2) is 12.1 Å². The van der Waals surface area contributed by atoms with E-state index >= 15 is 0 Å². The topological polar surface area (TPSA) is 115 Å². The third-order valence-electron chi connectivity index (χ3n) is 3.11. The molecule has 0 aliphatic rings. The van der Waals surface area contributed by atoms with Crippen molar-refractivity contribution in [2.45, 2.75) is 0 Å². The Bertz CT molecular complexity index is 678. The van der Waals surface area contributed by atoms with Crippen molar-refractivity contribution in [3.8, 4) is 11.5 Å². The highest BCUT2D eigenvalue weighted by Gasteiger charge is 2.18. The second-order valence-electron chi connectivity index (χ2n) is 5.13. The van der Waals surface area contributed by atoms with E-state index in [9.17, 15) is 13.2 Å². The van der Waals surface area contributed by atoms with Crippen LogP contribution in [0.2, 0.25) is 0 Å². The number of nitrogens with one attached hydrogen (secondary N) is 3. The van der Waals surface area contributed by atoms with E-state index in [1.807, 2.05) is 0 Å². The fourth-order valence-electron chi connectivity index (χ4n) is 2.04. The molecule has 3 N–H and O–H groups in total. The molecule has 0 aliphatic heterocycles. The van der Waals surface area contributed by atoms with E-state index in [-0.39, 0.29) is 28.7 Å². The number of benzene rings is 1. The predicted molar refractivity (Wildman–Crippen MR) is 95.1 cm³/mol. The molecule has 0 radical (unpaired) electrons. The normalized spacial score (nSPS) is 11.0. The van der Waals surface area contributed by atoms with E-state index < -0.39 is 10.0 Å². The Morgan fingerprint density at radius 1 is 1.08 bits per heavy atom. The zero-order chi connectivity index (χ0) is 18.9. The van der Waals surface area contributed by atoms with Crippen molar-refractivity contribution in [2.24, 2.45) is 0 Å². The standard InChI is InChI=1S/C15H25N3O6S/c1-22-8-7-16-5-6-17-15(19)11-9-12(18-25(4,20)21)14(24-3)13(10-11)23-2/h9-10,16,18H,5-8H2,1-4H3,(H,17,19). The molecule has 1 rings (SSSR count). The van der Waals surface area contributed by atoms with Gasteiger partial charge in [0.15, 0.2) is 11.5 Å². The smallest absolute Gasteiger partial charge is 0.251 e. The maximum atomic E-state index is 12.3. The lowest BCUT2D eigenvalue weighted by atomic mass is 10.1. The number of ether oxygens (including phenoxy) is 3. The number of methoxy groups -OCH3 is 3. The van der Waals surface area contributed by atoms with Crippen LogP contribution in [-0.2, 0) is 14.8 Å². The van der Waals surface area contributed by atoms with Crippen LogP contribution in [0.25, 0.3) is 0 Å². The summed E-state index contributed by atoms with van der Waals surface area (Å²) in [6, 6.07) is 2.88. The Morgan fingerprint density at radius 3 is 2.36 bits per heavy atom. The maximum Gasteiger partial charge on any atom is 0.251 e. The monoisotopic (exact) mass is 375 g/mol. The fraction of sp³-hybridized carbons (Fsp3) is 0.533. The maximum absolute atomic E-state index is 12.3. The van der Waals surface area contributed by atoms with Crippen LogP contribution in [0.1, 0.15) is 10.4 Å². The van der Waals surface area contributed by atoms with E-state index in [2.05, 4.69) is 15.4 Å².